The Labute approximate surface area is 203 Å². The Kier molecular flexibility index (Phi) is 3.96. The molecule has 6 rings (SSSR count). The summed E-state index contributed by atoms with van der Waals surface area (Å²) in [4.78, 5) is 0. The number of hydrogen-bond donors (Lipinski definition) is 2. The Hall–Kier alpha value is -4.16. The summed E-state index contributed by atoms with van der Waals surface area (Å²) in [5.74, 6) is 1.29. The van der Waals surface area contributed by atoms with Crippen LogP contribution in [0.25, 0.3) is 0 Å². The third kappa shape index (κ3) is 2.68. The summed E-state index contributed by atoms with van der Waals surface area (Å²) in [6.45, 7) is 8.73. The first kappa shape index (κ1) is 21.4. The van der Waals surface area contributed by atoms with E-state index >= 15 is 0 Å². The van der Waals surface area contributed by atoms with Gasteiger partial charge in [-0.05, 0) is 82.3 Å². The van der Waals surface area contributed by atoms with E-state index in [2.05, 4.69) is 39.8 Å². The minimum absolute atomic E-state index is 0.109. The largest absolute Gasteiger partial charge is 0.504 e. The predicted molar refractivity (Wildman–Crippen MR) is 128 cm³/mol. The van der Waals surface area contributed by atoms with Gasteiger partial charge >= 0.3 is 0 Å². The van der Waals surface area contributed by atoms with Gasteiger partial charge in [0.1, 0.15) is 12.1 Å². The normalized spacial score (nSPS) is 21.5. The zero-order valence-corrected chi connectivity index (χ0v) is 20.0. The summed E-state index contributed by atoms with van der Waals surface area (Å²) in [6, 6.07) is 14.8. The summed E-state index contributed by atoms with van der Waals surface area (Å²) < 4.78 is 12.4. The maximum atomic E-state index is 10.4. The molecule has 3 aliphatic rings. The summed E-state index contributed by atoms with van der Waals surface area (Å²) in [6.07, 6.45) is 1.63. The molecule has 0 bridgehead atoms. The molecule has 0 radical (unpaired) electrons. The quantitative estimate of drug-likeness (QED) is 0.292. The maximum absolute atomic E-state index is 10.4. The summed E-state index contributed by atoms with van der Waals surface area (Å²) in [5, 5.41) is 39.8. The van der Waals surface area contributed by atoms with Crippen molar-refractivity contribution in [2.75, 3.05) is 0 Å². The molecule has 3 aromatic carbocycles. The molecule has 1 aliphatic heterocycles. The van der Waals surface area contributed by atoms with Crippen LogP contribution in [-0.2, 0) is 16.2 Å². The Bertz CT molecular complexity index is 1550. The lowest BCUT2D eigenvalue weighted by atomic mass is 9.72. The van der Waals surface area contributed by atoms with Gasteiger partial charge in [-0.2, -0.15) is 10.5 Å². The second kappa shape index (κ2) is 6.49. The molecule has 2 N–H and O–H groups in total. The fourth-order valence-electron chi connectivity index (χ4n) is 6.66. The molecular weight excluding hydrogens is 440 g/mol. The average Bonchev–Trinajstić information content (AvgIpc) is 3.15. The Balaban J connectivity index is 1.59. The molecule has 1 atom stereocenters. The van der Waals surface area contributed by atoms with Crippen molar-refractivity contribution >= 4 is 0 Å². The van der Waals surface area contributed by atoms with Crippen LogP contribution in [0.4, 0.5) is 0 Å². The fourth-order valence-corrected chi connectivity index (χ4v) is 6.66. The Morgan fingerprint density at radius 1 is 0.686 bits per heavy atom. The molecule has 0 aromatic heterocycles. The second-order valence-electron chi connectivity index (χ2n) is 11.2. The molecule has 2 aliphatic carbocycles. The lowest BCUT2D eigenvalue weighted by Crippen LogP contribution is -2.27. The van der Waals surface area contributed by atoms with E-state index < -0.39 is 0 Å². The van der Waals surface area contributed by atoms with Gasteiger partial charge in [-0.15, -0.1) is 0 Å². The van der Waals surface area contributed by atoms with Gasteiger partial charge in [0.25, 0.3) is 0 Å². The molecule has 35 heavy (non-hydrogen) atoms. The maximum Gasteiger partial charge on any atom is 0.189 e. The molecule has 0 amide bonds. The number of fused-ring (bicyclic) bond motifs is 6. The highest BCUT2D eigenvalue weighted by Crippen LogP contribution is 2.65. The van der Waals surface area contributed by atoms with E-state index in [-0.39, 0.29) is 39.2 Å². The van der Waals surface area contributed by atoms with Gasteiger partial charge in [-0.1, -0.05) is 27.7 Å². The van der Waals surface area contributed by atoms with E-state index in [1.165, 1.54) is 0 Å². The minimum Gasteiger partial charge on any atom is -0.504 e. The first-order chi connectivity index (χ1) is 16.5. The fraction of sp³-hybridized carbons (Fsp3) is 0.310. The van der Waals surface area contributed by atoms with Crippen LogP contribution in [0.15, 0.2) is 36.4 Å². The molecule has 1 heterocycles. The highest BCUT2D eigenvalue weighted by Gasteiger charge is 2.57. The second-order valence-corrected chi connectivity index (χ2v) is 11.2. The number of aromatic hydroxyl groups is 2. The zero-order chi connectivity index (χ0) is 24.9. The molecule has 6 nitrogen and oxygen atoms in total. The smallest absolute Gasteiger partial charge is 0.189 e. The van der Waals surface area contributed by atoms with Crippen molar-refractivity contribution < 1.29 is 19.7 Å². The first-order valence-electron chi connectivity index (χ1n) is 11.6. The van der Waals surface area contributed by atoms with Gasteiger partial charge in [0, 0.05) is 5.41 Å². The zero-order valence-electron chi connectivity index (χ0n) is 20.0. The number of nitriles is 2. The van der Waals surface area contributed by atoms with Gasteiger partial charge in [-0.25, -0.2) is 0 Å². The number of nitrogens with zero attached hydrogens (tertiary/aromatic N) is 2. The van der Waals surface area contributed by atoms with Crippen LogP contribution in [-0.4, -0.2) is 10.2 Å². The van der Waals surface area contributed by atoms with Gasteiger partial charge in [0.05, 0.1) is 11.1 Å². The van der Waals surface area contributed by atoms with E-state index in [4.69, 9.17) is 9.47 Å². The topological polar surface area (TPSA) is 106 Å². The Morgan fingerprint density at radius 2 is 1.09 bits per heavy atom. The number of hydrogen-bond acceptors (Lipinski definition) is 6. The van der Waals surface area contributed by atoms with Gasteiger partial charge in [-0.3, -0.25) is 0 Å². The van der Waals surface area contributed by atoms with E-state index in [1.807, 2.05) is 12.1 Å². The number of rotatable bonds is 0. The lowest BCUT2D eigenvalue weighted by molar-refractivity contribution is 0.348. The van der Waals surface area contributed by atoms with Crippen molar-refractivity contribution in [2.24, 2.45) is 0 Å². The van der Waals surface area contributed by atoms with Crippen molar-refractivity contribution in [3.05, 3.63) is 69.8 Å². The number of ether oxygens (including phenoxy) is 2. The number of phenols is 2. The van der Waals surface area contributed by atoms with Crippen molar-refractivity contribution in [3.8, 4) is 46.6 Å². The van der Waals surface area contributed by atoms with Crippen LogP contribution < -0.4 is 9.47 Å². The number of benzene rings is 3. The highest BCUT2D eigenvalue weighted by atomic mass is 16.6. The molecule has 1 spiro atoms. The lowest BCUT2D eigenvalue weighted by Gasteiger charge is -2.31. The van der Waals surface area contributed by atoms with Crippen molar-refractivity contribution in [2.45, 2.75) is 56.8 Å². The van der Waals surface area contributed by atoms with Crippen LogP contribution in [0.1, 0.15) is 73.9 Å². The summed E-state index contributed by atoms with van der Waals surface area (Å²) in [5.41, 5.74) is 4.08. The highest BCUT2D eigenvalue weighted by molar-refractivity contribution is 5.70. The molecule has 0 saturated heterocycles. The van der Waals surface area contributed by atoms with E-state index in [9.17, 15) is 20.7 Å². The molecule has 3 aromatic rings. The van der Waals surface area contributed by atoms with Crippen molar-refractivity contribution in [3.63, 3.8) is 0 Å². The standard InChI is InChI=1S/C29H24N2O4/c1-27(2)13-29(19-8-22(33)21(32)7-17(19)27)14-28(3,4)18-9-23-24(10-20(18)29)35-26-16(12-31)6-5-15(11-30)25(26)34-23/h5-10,32-33H,13-14H2,1-4H3/t29-/m0/s1. The van der Waals surface area contributed by atoms with Crippen molar-refractivity contribution in [1.82, 2.24) is 0 Å². The monoisotopic (exact) mass is 464 g/mol. The minimum atomic E-state index is -0.381. The molecule has 6 heteroatoms. The summed E-state index contributed by atoms with van der Waals surface area (Å²) in [7, 11) is 0. The number of phenolic OH excluding ortho intramolecular Hbond substituents is 2. The van der Waals surface area contributed by atoms with Crippen LogP contribution in [0.3, 0.4) is 0 Å². The third-order valence-corrected chi connectivity index (χ3v) is 7.95. The van der Waals surface area contributed by atoms with Crippen molar-refractivity contribution in [1.29, 1.82) is 10.5 Å². The van der Waals surface area contributed by atoms with Crippen LogP contribution in [0.2, 0.25) is 0 Å². The molecule has 0 unspecified atom stereocenters. The van der Waals surface area contributed by atoms with Gasteiger partial charge in [0.2, 0.25) is 0 Å². The Morgan fingerprint density at radius 3 is 1.57 bits per heavy atom. The van der Waals surface area contributed by atoms with Gasteiger partial charge < -0.3 is 19.7 Å². The van der Waals surface area contributed by atoms with E-state index in [0.717, 1.165) is 35.1 Å². The van der Waals surface area contributed by atoms with E-state index in [1.54, 1.807) is 24.3 Å². The first-order valence-corrected chi connectivity index (χ1v) is 11.6. The van der Waals surface area contributed by atoms with Crippen LogP contribution in [0, 0.1) is 22.7 Å². The average molecular weight is 465 g/mol. The predicted octanol–water partition coefficient (Wildman–Crippen LogP) is 6.39. The molecular formula is C29H24N2O4. The molecule has 174 valence electrons. The summed E-state index contributed by atoms with van der Waals surface area (Å²) >= 11 is 0. The van der Waals surface area contributed by atoms with E-state index in [0.29, 0.717) is 22.6 Å². The van der Waals surface area contributed by atoms with Gasteiger partial charge in [0.15, 0.2) is 34.5 Å². The molecule has 0 saturated carbocycles. The molecule has 0 fully saturated rings. The SMILES string of the molecule is CC1(C)C[C@]2(CC(C)(C)c3cc4c(cc32)Oc2c(C#N)ccc(C#N)c2O4)c2cc(O)c(O)cc21. The third-order valence-electron chi connectivity index (χ3n) is 7.95. The van der Waals surface area contributed by atoms with Crippen LogP contribution in [0.5, 0.6) is 34.5 Å². The van der Waals surface area contributed by atoms with Crippen LogP contribution >= 0.6 is 0 Å².